The van der Waals surface area contributed by atoms with Crippen LogP contribution in [0.5, 0.6) is 0 Å². The lowest BCUT2D eigenvalue weighted by molar-refractivity contribution is -0.136. The van der Waals surface area contributed by atoms with Crippen molar-refractivity contribution in [1.29, 1.82) is 0 Å². The molecule has 1 amide bonds. The molecule has 19 heavy (non-hydrogen) atoms. The van der Waals surface area contributed by atoms with Gasteiger partial charge in [0.1, 0.15) is 6.61 Å². The number of methoxy groups -OCH3 is 1. The molecular formula is C13H19ClN2O2S. The Hall–Kier alpha value is -0.620. The number of nitrogens with one attached hydrogen (secondary N) is 1. The van der Waals surface area contributed by atoms with Crippen molar-refractivity contribution in [2.45, 2.75) is 25.4 Å². The Kier molecular flexibility index (Phi) is 5.63. The van der Waals surface area contributed by atoms with Gasteiger partial charge in [0.05, 0.1) is 4.34 Å². The highest BCUT2D eigenvalue weighted by atomic mass is 35.5. The fourth-order valence-electron chi connectivity index (χ4n) is 2.24. The van der Waals surface area contributed by atoms with Crippen molar-refractivity contribution < 1.29 is 9.53 Å². The van der Waals surface area contributed by atoms with Gasteiger partial charge in [0.2, 0.25) is 5.91 Å². The third-order valence-electron chi connectivity index (χ3n) is 3.31. The monoisotopic (exact) mass is 302 g/mol. The average molecular weight is 303 g/mol. The Bertz CT molecular complexity index is 417. The van der Waals surface area contributed by atoms with E-state index in [2.05, 4.69) is 11.4 Å². The topological polar surface area (TPSA) is 41.6 Å². The van der Waals surface area contributed by atoms with Crippen molar-refractivity contribution in [1.82, 2.24) is 10.2 Å². The quantitative estimate of drug-likeness (QED) is 0.906. The normalized spacial score (nSPS) is 16.8. The van der Waals surface area contributed by atoms with Crippen molar-refractivity contribution in [2.24, 2.45) is 0 Å². The van der Waals surface area contributed by atoms with Gasteiger partial charge < -0.3 is 15.0 Å². The van der Waals surface area contributed by atoms with E-state index in [0.717, 1.165) is 36.8 Å². The molecule has 1 aliphatic rings. The molecule has 0 spiro atoms. The van der Waals surface area contributed by atoms with E-state index in [1.54, 1.807) is 18.4 Å². The van der Waals surface area contributed by atoms with Gasteiger partial charge in [0.25, 0.3) is 0 Å². The maximum atomic E-state index is 11.7. The summed E-state index contributed by atoms with van der Waals surface area (Å²) < 4.78 is 5.70. The smallest absolute Gasteiger partial charge is 0.248 e. The molecule has 0 aliphatic carbocycles. The number of carbonyl (C=O) groups excluding carboxylic acids is 1. The molecule has 1 aromatic heterocycles. The highest BCUT2D eigenvalue weighted by Gasteiger charge is 2.22. The van der Waals surface area contributed by atoms with E-state index in [1.165, 1.54) is 4.88 Å². The number of thiophene rings is 1. The summed E-state index contributed by atoms with van der Waals surface area (Å²) in [4.78, 5) is 14.8. The third-order valence-corrected chi connectivity index (χ3v) is 4.54. The third kappa shape index (κ3) is 4.45. The zero-order valence-electron chi connectivity index (χ0n) is 11.0. The predicted octanol–water partition coefficient (Wildman–Crippen LogP) is 2.13. The van der Waals surface area contributed by atoms with Crippen LogP contribution < -0.4 is 5.32 Å². The van der Waals surface area contributed by atoms with Crippen molar-refractivity contribution >= 4 is 28.8 Å². The number of hydrogen-bond acceptors (Lipinski definition) is 4. The Morgan fingerprint density at radius 1 is 1.53 bits per heavy atom. The molecule has 0 aromatic carbocycles. The van der Waals surface area contributed by atoms with Gasteiger partial charge in [-0.05, 0) is 25.0 Å². The van der Waals surface area contributed by atoms with Crippen LogP contribution in [0.1, 0.15) is 17.7 Å². The summed E-state index contributed by atoms with van der Waals surface area (Å²) in [5.74, 6) is 0.0889. The Labute approximate surface area is 122 Å². The van der Waals surface area contributed by atoms with Crippen LogP contribution in [0, 0.1) is 0 Å². The van der Waals surface area contributed by atoms with Crippen LogP contribution in [0.4, 0.5) is 0 Å². The number of hydrogen-bond donors (Lipinski definition) is 1. The van der Waals surface area contributed by atoms with E-state index in [9.17, 15) is 4.79 Å². The van der Waals surface area contributed by atoms with E-state index in [-0.39, 0.29) is 12.5 Å². The maximum Gasteiger partial charge on any atom is 0.248 e. The lowest BCUT2D eigenvalue weighted by Crippen LogP contribution is -2.45. The van der Waals surface area contributed by atoms with Crippen LogP contribution in [0.3, 0.4) is 0 Å². The van der Waals surface area contributed by atoms with Gasteiger partial charge in [0.15, 0.2) is 0 Å². The fourth-order valence-corrected chi connectivity index (χ4v) is 3.28. The zero-order valence-corrected chi connectivity index (χ0v) is 12.6. The number of nitrogens with zero attached hydrogens (tertiary/aromatic N) is 1. The van der Waals surface area contributed by atoms with Gasteiger partial charge in [-0.15, -0.1) is 11.3 Å². The van der Waals surface area contributed by atoms with Crippen LogP contribution in [0.15, 0.2) is 12.1 Å². The Morgan fingerprint density at radius 3 is 2.84 bits per heavy atom. The molecule has 0 atom stereocenters. The van der Waals surface area contributed by atoms with Crippen LogP contribution in [-0.4, -0.2) is 43.7 Å². The number of halogens is 1. The highest BCUT2D eigenvalue weighted by molar-refractivity contribution is 7.16. The molecule has 0 unspecified atom stereocenters. The molecule has 1 aromatic rings. The SMILES string of the molecule is COCC(=O)N1CCC(NCc2ccc(Cl)s2)CC1. The lowest BCUT2D eigenvalue weighted by Gasteiger charge is -2.32. The van der Waals surface area contributed by atoms with Gasteiger partial charge in [-0.2, -0.15) is 0 Å². The van der Waals surface area contributed by atoms with E-state index < -0.39 is 0 Å². The maximum absolute atomic E-state index is 11.7. The lowest BCUT2D eigenvalue weighted by atomic mass is 10.1. The second kappa shape index (κ2) is 7.24. The average Bonchev–Trinajstić information content (AvgIpc) is 2.83. The number of carbonyl (C=O) groups is 1. The van der Waals surface area contributed by atoms with Gasteiger partial charge in [-0.1, -0.05) is 11.6 Å². The molecule has 0 saturated carbocycles. The second-order valence-electron chi connectivity index (χ2n) is 4.67. The molecule has 1 fully saturated rings. The number of amides is 1. The minimum Gasteiger partial charge on any atom is -0.375 e. The first-order valence-corrected chi connectivity index (χ1v) is 7.63. The molecule has 2 rings (SSSR count). The van der Waals surface area contributed by atoms with Crippen molar-refractivity contribution in [3.8, 4) is 0 Å². The first kappa shape index (κ1) is 14.8. The van der Waals surface area contributed by atoms with Crippen molar-refractivity contribution in [3.05, 3.63) is 21.3 Å². The molecule has 0 radical (unpaired) electrons. The van der Waals surface area contributed by atoms with Gasteiger partial charge >= 0.3 is 0 Å². The molecule has 106 valence electrons. The minimum atomic E-state index is 0.0889. The summed E-state index contributed by atoms with van der Waals surface area (Å²) >= 11 is 7.51. The van der Waals surface area contributed by atoms with Gasteiger partial charge in [-0.3, -0.25) is 4.79 Å². The van der Waals surface area contributed by atoms with E-state index in [4.69, 9.17) is 16.3 Å². The molecule has 6 heteroatoms. The molecule has 1 saturated heterocycles. The minimum absolute atomic E-state index is 0.0889. The van der Waals surface area contributed by atoms with Gasteiger partial charge in [0, 0.05) is 37.7 Å². The standard InChI is InChI=1S/C13H19ClN2O2S/c1-18-9-13(17)16-6-4-10(5-7-16)15-8-11-2-3-12(14)19-11/h2-3,10,15H,4-9H2,1H3. The van der Waals surface area contributed by atoms with Crippen LogP contribution in [0.2, 0.25) is 4.34 Å². The summed E-state index contributed by atoms with van der Waals surface area (Å²) in [6.07, 6.45) is 1.99. The molecule has 2 heterocycles. The van der Waals surface area contributed by atoms with Gasteiger partial charge in [-0.25, -0.2) is 0 Å². The Morgan fingerprint density at radius 2 is 2.26 bits per heavy atom. The van der Waals surface area contributed by atoms with E-state index >= 15 is 0 Å². The van der Waals surface area contributed by atoms with Crippen molar-refractivity contribution in [3.63, 3.8) is 0 Å². The zero-order chi connectivity index (χ0) is 13.7. The molecule has 4 nitrogen and oxygen atoms in total. The largest absolute Gasteiger partial charge is 0.375 e. The summed E-state index contributed by atoms with van der Waals surface area (Å²) in [5, 5.41) is 3.53. The fraction of sp³-hybridized carbons (Fsp3) is 0.615. The summed E-state index contributed by atoms with van der Waals surface area (Å²) in [7, 11) is 1.55. The molecule has 1 N–H and O–H groups in total. The summed E-state index contributed by atoms with van der Waals surface area (Å²) in [6.45, 7) is 2.66. The predicted molar refractivity (Wildman–Crippen MR) is 77.6 cm³/mol. The molecule has 0 bridgehead atoms. The van der Waals surface area contributed by atoms with Crippen LogP contribution >= 0.6 is 22.9 Å². The summed E-state index contributed by atoms with van der Waals surface area (Å²) in [6, 6.07) is 4.46. The van der Waals surface area contributed by atoms with Crippen LogP contribution in [0.25, 0.3) is 0 Å². The van der Waals surface area contributed by atoms with E-state index in [0.29, 0.717) is 6.04 Å². The first-order valence-electron chi connectivity index (χ1n) is 6.43. The number of rotatable bonds is 5. The number of likely N-dealkylation sites (tertiary alicyclic amines) is 1. The van der Waals surface area contributed by atoms with Crippen molar-refractivity contribution in [2.75, 3.05) is 26.8 Å². The Balaban J connectivity index is 1.70. The second-order valence-corrected chi connectivity index (χ2v) is 6.47. The van der Waals surface area contributed by atoms with Crippen LogP contribution in [-0.2, 0) is 16.1 Å². The number of piperidine rings is 1. The summed E-state index contributed by atoms with van der Waals surface area (Å²) in [5.41, 5.74) is 0. The highest BCUT2D eigenvalue weighted by Crippen LogP contribution is 2.21. The number of ether oxygens (including phenoxy) is 1. The molecule has 1 aliphatic heterocycles. The molecular weight excluding hydrogens is 284 g/mol. The van der Waals surface area contributed by atoms with E-state index in [1.807, 2.05) is 11.0 Å². The first-order chi connectivity index (χ1) is 9.19.